The Labute approximate surface area is 128 Å². The molecule has 1 aromatic heterocycles. The zero-order valence-corrected chi connectivity index (χ0v) is 13.9. The first-order chi connectivity index (χ1) is 9.96. The lowest BCUT2D eigenvalue weighted by atomic mass is 10.0. The predicted octanol–water partition coefficient (Wildman–Crippen LogP) is 2.62. The van der Waals surface area contributed by atoms with Crippen LogP contribution in [0.2, 0.25) is 0 Å². The van der Waals surface area contributed by atoms with Crippen molar-refractivity contribution >= 4 is 11.5 Å². The molecule has 0 aliphatic rings. The van der Waals surface area contributed by atoms with Gasteiger partial charge in [-0.1, -0.05) is 13.8 Å². The monoisotopic (exact) mass is 292 g/mol. The van der Waals surface area contributed by atoms with E-state index in [1.54, 1.807) is 7.11 Å². The number of hydrogen-bond acceptors (Lipinski definition) is 4. The molecule has 0 unspecified atom stereocenters. The number of nitrogen functional groups attached to an aromatic ring is 1. The van der Waals surface area contributed by atoms with Crippen LogP contribution in [0.4, 0.5) is 5.69 Å². The standard InChI is InChI=1S/C16H28N4O/c1-6-13(7-2)20(8-9-21-5)14-10-11(3)19-12(4)15(14)16(17)18/h10,13H,6-9H2,1-5H3,(H3,17,18). The predicted molar refractivity (Wildman–Crippen MR) is 88.3 cm³/mol. The van der Waals surface area contributed by atoms with Gasteiger partial charge in [0.2, 0.25) is 0 Å². The average molecular weight is 292 g/mol. The van der Waals surface area contributed by atoms with E-state index in [1.165, 1.54) is 0 Å². The summed E-state index contributed by atoms with van der Waals surface area (Å²) in [5.74, 6) is 0.0726. The maximum atomic E-state index is 7.89. The molecule has 118 valence electrons. The van der Waals surface area contributed by atoms with Gasteiger partial charge in [-0.3, -0.25) is 10.4 Å². The van der Waals surface area contributed by atoms with Gasteiger partial charge < -0.3 is 15.4 Å². The van der Waals surface area contributed by atoms with E-state index in [2.05, 4.69) is 23.7 Å². The molecule has 0 amide bonds. The van der Waals surface area contributed by atoms with Crippen LogP contribution >= 0.6 is 0 Å². The third-order valence-corrected chi connectivity index (χ3v) is 3.81. The van der Waals surface area contributed by atoms with Crippen molar-refractivity contribution in [3.8, 4) is 0 Å². The molecule has 5 heteroatoms. The van der Waals surface area contributed by atoms with Gasteiger partial charge in [0, 0.05) is 25.4 Å². The van der Waals surface area contributed by atoms with E-state index >= 15 is 0 Å². The molecule has 21 heavy (non-hydrogen) atoms. The summed E-state index contributed by atoms with van der Waals surface area (Å²) in [6, 6.07) is 2.43. The third-order valence-electron chi connectivity index (χ3n) is 3.81. The van der Waals surface area contributed by atoms with E-state index in [0.717, 1.165) is 42.0 Å². The minimum Gasteiger partial charge on any atom is -0.384 e. The number of anilines is 1. The summed E-state index contributed by atoms with van der Waals surface area (Å²) in [5, 5.41) is 7.89. The first-order valence-corrected chi connectivity index (χ1v) is 7.54. The molecule has 5 nitrogen and oxygen atoms in total. The molecule has 0 saturated carbocycles. The maximum absolute atomic E-state index is 7.89. The van der Waals surface area contributed by atoms with Crippen LogP contribution in [0.3, 0.4) is 0 Å². The number of aromatic nitrogens is 1. The normalized spacial score (nSPS) is 11.0. The lowest BCUT2D eigenvalue weighted by Gasteiger charge is -2.34. The number of hydrogen-bond donors (Lipinski definition) is 2. The highest BCUT2D eigenvalue weighted by molar-refractivity contribution is 6.01. The molecule has 0 aromatic carbocycles. The summed E-state index contributed by atoms with van der Waals surface area (Å²) in [5.41, 5.74) is 9.29. The second-order valence-corrected chi connectivity index (χ2v) is 5.31. The fraction of sp³-hybridized carbons (Fsp3) is 0.625. The molecule has 0 radical (unpaired) electrons. The van der Waals surface area contributed by atoms with Gasteiger partial charge in [0.1, 0.15) is 5.84 Å². The minimum atomic E-state index is 0.0726. The van der Waals surface area contributed by atoms with Crippen LogP contribution in [0.15, 0.2) is 6.07 Å². The number of aryl methyl sites for hydroxylation is 2. The van der Waals surface area contributed by atoms with Crippen LogP contribution in [0.1, 0.15) is 43.6 Å². The Balaban J connectivity index is 3.37. The van der Waals surface area contributed by atoms with Crippen LogP contribution in [-0.2, 0) is 4.74 Å². The zero-order valence-electron chi connectivity index (χ0n) is 13.9. The highest BCUT2D eigenvalue weighted by Gasteiger charge is 2.21. The lowest BCUT2D eigenvalue weighted by Crippen LogP contribution is -2.39. The van der Waals surface area contributed by atoms with Crippen LogP contribution < -0.4 is 10.6 Å². The SMILES string of the molecule is CCC(CC)N(CCOC)c1cc(C)nc(C)c1C(=N)N. The van der Waals surface area contributed by atoms with E-state index < -0.39 is 0 Å². The molecule has 1 rings (SSSR count). The third kappa shape index (κ3) is 4.17. The van der Waals surface area contributed by atoms with Crippen LogP contribution in [0.5, 0.6) is 0 Å². The van der Waals surface area contributed by atoms with Gasteiger partial charge in [-0.05, 0) is 32.8 Å². The van der Waals surface area contributed by atoms with Gasteiger partial charge in [-0.25, -0.2) is 0 Å². The number of rotatable bonds is 8. The molecule has 1 heterocycles. The Morgan fingerprint density at radius 2 is 2.00 bits per heavy atom. The largest absolute Gasteiger partial charge is 0.384 e. The zero-order chi connectivity index (χ0) is 16.0. The van der Waals surface area contributed by atoms with Gasteiger partial charge in [0.15, 0.2) is 0 Å². The number of amidine groups is 1. The molecule has 0 saturated heterocycles. The fourth-order valence-corrected chi connectivity index (χ4v) is 2.79. The van der Waals surface area contributed by atoms with E-state index in [-0.39, 0.29) is 5.84 Å². The molecule has 3 N–H and O–H groups in total. The summed E-state index contributed by atoms with van der Waals surface area (Å²) in [4.78, 5) is 6.76. The topological polar surface area (TPSA) is 75.2 Å². The molecule has 0 atom stereocenters. The Kier molecular flexibility index (Phi) is 6.62. The first kappa shape index (κ1) is 17.4. The summed E-state index contributed by atoms with van der Waals surface area (Å²) in [7, 11) is 1.71. The lowest BCUT2D eigenvalue weighted by molar-refractivity contribution is 0.202. The number of nitrogens with zero attached hydrogens (tertiary/aromatic N) is 2. The Morgan fingerprint density at radius 3 is 2.48 bits per heavy atom. The second kappa shape index (κ2) is 7.98. The highest BCUT2D eigenvalue weighted by Crippen LogP contribution is 2.27. The van der Waals surface area contributed by atoms with E-state index in [4.69, 9.17) is 15.9 Å². The summed E-state index contributed by atoms with van der Waals surface area (Å²) >= 11 is 0. The first-order valence-electron chi connectivity index (χ1n) is 7.54. The summed E-state index contributed by atoms with van der Waals surface area (Å²) < 4.78 is 5.25. The van der Waals surface area contributed by atoms with Crippen molar-refractivity contribution in [2.75, 3.05) is 25.2 Å². The van der Waals surface area contributed by atoms with Gasteiger partial charge in [-0.2, -0.15) is 0 Å². The summed E-state index contributed by atoms with van der Waals surface area (Å²) in [6.45, 7) is 9.68. The Hall–Kier alpha value is -1.62. The minimum absolute atomic E-state index is 0.0726. The molecular formula is C16H28N4O. The molecule has 0 bridgehead atoms. The van der Waals surface area contributed by atoms with Crippen molar-refractivity contribution in [1.29, 1.82) is 5.41 Å². The number of ether oxygens (including phenoxy) is 1. The average Bonchev–Trinajstić information content (AvgIpc) is 2.42. The smallest absolute Gasteiger partial charge is 0.126 e. The second-order valence-electron chi connectivity index (χ2n) is 5.31. The molecule has 0 aliphatic heterocycles. The van der Waals surface area contributed by atoms with E-state index in [9.17, 15) is 0 Å². The van der Waals surface area contributed by atoms with Crippen molar-refractivity contribution in [3.05, 3.63) is 23.0 Å². The van der Waals surface area contributed by atoms with Crippen molar-refractivity contribution in [2.24, 2.45) is 5.73 Å². The van der Waals surface area contributed by atoms with E-state index in [1.807, 2.05) is 19.9 Å². The highest BCUT2D eigenvalue weighted by atomic mass is 16.5. The quantitative estimate of drug-likeness (QED) is 0.570. The number of nitrogens with two attached hydrogens (primary N) is 1. The van der Waals surface area contributed by atoms with Crippen LogP contribution in [-0.4, -0.2) is 37.1 Å². The fourth-order valence-electron chi connectivity index (χ4n) is 2.79. The van der Waals surface area contributed by atoms with Crippen molar-refractivity contribution in [3.63, 3.8) is 0 Å². The Bertz CT molecular complexity index is 483. The summed E-state index contributed by atoms with van der Waals surface area (Å²) in [6.07, 6.45) is 2.08. The van der Waals surface area contributed by atoms with Crippen molar-refractivity contribution in [1.82, 2.24) is 4.98 Å². The maximum Gasteiger partial charge on any atom is 0.126 e. The Morgan fingerprint density at radius 1 is 1.38 bits per heavy atom. The molecular weight excluding hydrogens is 264 g/mol. The van der Waals surface area contributed by atoms with Gasteiger partial charge in [0.25, 0.3) is 0 Å². The number of pyridine rings is 1. The molecule has 0 aliphatic carbocycles. The number of methoxy groups -OCH3 is 1. The number of nitrogens with one attached hydrogen (secondary N) is 1. The molecule has 0 fully saturated rings. The van der Waals surface area contributed by atoms with Crippen LogP contribution in [0, 0.1) is 19.3 Å². The van der Waals surface area contributed by atoms with Gasteiger partial charge in [0.05, 0.1) is 23.6 Å². The van der Waals surface area contributed by atoms with E-state index in [0.29, 0.717) is 12.6 Å². The molecule has 1 aromatic rings. The van der Waals surface area contributed by atoms with Crippen LogP contribution in [0.25, 0.3) is 0 Å². The van der Waals surface area contributed by atoms with Gasteiger partial charge >= 0.3 is 0 Å². The molecule has 0 spiro atoms. The van der Waals surface area contributed by atoms with Gasteiger partial charge in [-0.15, -0.1) is 0 Å². The van der Waals surface area contributed by atoms with Crippen molar-refractivity contribution < 1.29 is 4.74 Å². The van der Waals surface area contributed by atoms with Crippen molar-refractivity contribution in [2.45, 2.75) is 46.6 Å².